The Kier molecular flexibility index (Phi) is 3.26. The molecule has 1 heterocycles. The van der Waals surface area contributed by atoms with Gasteiger partial charge in [-0.25, -0.2) is 0 Å². The number of carbonyl (C=O) groups is 1. The Morgan fingerprint density at radius 3 is 2.93 bits per heavy atom. The zero-order chi connectivity index (χ0) is 10.7. The van der Waals surface area contributed by atoms with Crippen LogP contribution in [-0.2, 0) is 14.3 Å². The van der Waals surface area contributed by atoms with Gasteiger partial charge in [0, 0.05) is 12.6 Å². The van der Waals surface area contributed by atoms with Gasteiger partial charge in [-0.1, -0.05) is 0 Å². The number of esters is 1. The van der Waals surface area contributed by atoms with Crippen molar-refractivity contribution in [1.82, 2.24) is 5.32 Å². The van der Waals surface area contributed by atoms with Gasteiger partial charge < -0.3 is 14.8 Å². The van der Waals surface area contributed by atoms with Crippen molar-refractivity contribution < 1.29 is 14.3 Å². The van der Waals surface area contributed by atoms with Crippen molar-refractivity contribution in [2.45, 2.75) is 31.7 Å². The van der Waals surface area contributed by atoms with Gasteiger partial charge >= 0.3 is 5.97 Å². The number of nitrogens with one attached hydrogen (secondary N) is 1. The van der Waals surface area contributed by atoms with Gasteiger partial charge in [-0.15, -0.1) is 0 Å². The van der Waals surface area contributed by atoms with Crippen LogP contribution in [0.25, 0.3) is 0 Å². The van der Waals surface area contributed by atoms with E-state index in [1.807, 2.05) is 0 Å². The molecule has 86 valence electrons. The maximum absolute atomic E-state index is 10.8. The fraction of sp³-hybridized carbons (Fsp3) is 0.909. The number of hydrogen-bond acceptors (Lipinski definition) is 4. The molecule has 1 saturated heterocycles. The number of methoxy groups -OCH3 is 1. The van der Waals surface area contributed by atoms with Crippen LogP contribution >= 0.6 is 0 Å². The van der Waals surface area contributed by atoms with Crippen LogP contribution in [0.4, 0.5) is 0 Å². The smallest absolute Gasteiger partial charge is 0.307 e. The first-order chi connectivity index (χ1) is 7.24. The van der Waals surface area contributed by atoms with Crippen LogP contribution in [0.15, 0.2) is 0 Å². The van der Waals surface area contributed by atoms with Gasteiger partial charge in [0.25, 0.3) is 0 Å². The van der Waals surface area contributed by atoms with E-state index in [1.165, 1.54) is 26.4 Å². The number of hydrogen-bond donors (Lipinski definition) is 1. The van der Waals surface area contributed by atoms with E-state index in [2.05, 4.69) is 10.1 Å². The molecule has 4 heteroatoms. The van der Waals surface area contributed by atoms with E-state index < -0.39 is 0 Å². The maximum atomic E-state index is 10.8. The fourth-order valence-corrected chi connectivity index (χ4v) is 2.19. The minimum absolute atomic E-state index is 0.201. The molecular weight excluding hydrogens is 194 g/mol. The van der Waals surface area contributed by atoms with Gasteiger partial charge in [0.05, 0.1) is 26.7 Å². The summed E-state index contributed by atoms with van der Waals surface area (Å²) in [4.78, 5) is 10.8. The SMILES string of the molecule is COC(=O)CCOC[C@@H]1CC2(CC2)CN1. The quantitative estimate of drug-likeness (QED) is 0.539. The molecule has 0 aromatic heterocycles. The van der Waals surface area contributed by atoms with Gasteiger partial charge in [-0.3, -0.25) is 4.79 Å². The summed E-state index contributed by atoms with van der Waals surface area (Å²) in [5, 5.41) is 3.47. The second kappa shape index (κ2) is 4.49. The van der Waals surface area contributed by atoms with E-state index in [0.29, 0.717) is 24.5 Å². The van der Waals surface area contributed by atoms with Crippen LogP contribution in [0.2, 0.25) is 0 Å². The van der Waals surface area contributed by atoms with E-state index >= 15 is 0 Å². The molecule has 0 radical (unpaired) electrons. The van der Waals surface area contributed by atoms with Crippen LogP contribution in [0.3, 0.4) is 0 Å². The first kappa shape index (κ1) is 10.9. The van der Waals surface area contributed by atoms with Crippen molar-refractivity contribution >= 4 is 5.97 Å². The third-order valence-corrected chi connectivity index (χ3v) is 3.40. The lowest BCUT2D eigenvalue weighted by molar-refractivity contribution is -0.141. The first-order valence-corrected chi connectivity index (χ1v) is 5.62. The summed E-state index contributed by atoms with van der Waals surface area (Å²) in [6.07, 6.45) is 4.34. The molecule has 0 aromatic carbocycles. The van der Waals surface area contributed by atoms with E-state index in [1.54, 1.807) is 0 Å². The van der Waals surface area contributed by atoms with Crippen LogP contribution in [0, 0.1) is 5.41 Å². The molecule has 0 amide bonds. The van der Waals surface area contributed by atoms with E-state index in [0.717, 1.165) is 13.2 Å². The maximum Gasteiger partial charge on any atom is 0.307 e. The Hall–Kier alpha value is -0.610. The largest absolute Gasteiger partial charge is 0.469 e. The molecule has 0 unspecified atom stereocenters. The van der Waals surface area contributed by atoms with E-state index in [-0.39, 0.29) is 5.97 Å². The standard InChI is InChI=1S/C11H19NO3/c1-14-10(13)2-5-15-7-9-6-11(3-4-11)8-12-9/h9,12H,2-8H2,1H3/t9-/m0/s1. The molecule has 1 spiro atoms. The molecule has 0 bridgehead atoms. The number of ether oxygens (including phenoxy) is 2. The Balaban J connectivity index is 1.53. The average Bonchev–Trinajstić information content (AvgIpc) is 2.86. The van der Waals surface area contributed by atoms with Crippen molar-refractivity contribution in [2.75, 3.05) is 26.9 Å². The molecule has 1 aliphatic carbocycles. The minimum Gasteiger partial charge on any atom is -0.469 e. The molecule has 1 saturated carbocycles. The molecule has 2 fully saturated rings. The lowest BCUT2D eigenvalue weighted by Crippen LogP contribution is -2.27. The van der Waals surface area contributed by atoms with Gasteiger partial charge in [0.1, 0.15) is 0 Å². The van der Waals surface area contributed by atoms with Gasteiger partial charge in [-0.05, 0) is 24.7 Å². The number of rotatable bonds is 5. The molecular formula is C11H19NO3. The zero-order valence-corrected chi connectivity index (χ0v) is 9.25. The second-order valence-corrected chi connectivity index (χ2v) is 4.68. The van der Waals surface area contributed by atoms with Crippen molar-refractivity contribution in [3.8, 4) is 0 Å². The highest BCUT2D eigenvalue weighted by Gasteiger charge is 2.47. The third-order valence-electron chi connectivity index (χ3n) is 3.40. The summed E-state index contributed by atoms with van der Waals surface area (Å²) < 4.78 is 9.98. The predicted octanol–water partition coefficient (Wildman–Crippen LogP) is 0.708. The van der Waals surface area contributed by atoms with Gasteiger partial charge in [0.15, 0.2) is 0 Å². The van der Waals surface area contributed by atoms with E-state index in [4.69, 9.17) is 4.74 Å². The van der Waals surface area contributed by atoms with Crippen LogP contribution in [-0.4, -0.2) is 38.9 Å². The topological polar surface area (TPSA) is 47.6 Å². The van der Waals surface area contributed by atoms with Crippen molar-refractivity contribution in [3.05, 3.63) is 0 Å². The summed E-state index contributed by atoms with van der Waals surface area (Å²) >= 11 is 0. The number of carbonyl (C=O) groups excluding carboxylic acids is 1. The van der Waals surface area contributed by atoms with Crippen LogP contribution in [0.5, 0.6) is 0 Å². The van der Waals surface area contributed by atoms with Crippen molar-refractivity contribution in [1.29, 1.82) is 0 Å². The highest BCUT2D eigenvalue weighted by molar-refractivity contribution is 5.69. The van der Waals surface area contributed by atoms with Crippen molar-refractivity contribution in [3.63, 3.8) is 0 Å². The summed E-state index contributed by atoms with van der Waals surface area (Å²) in [7, 11) is 1.40. The van der Waals surface area contributed by atoms with E-state index in [9.17, 15) is 4.79 Å². The second-order valence-electron chi connectivity index (χ2n) is 4.68. The van der Waals surface area contributed by atoms with Gasteiger partial charge in [-0.2, -0.15) is 0 Å². The zero-order valence-electron chi connectivity index (χ0n) is 9.25. The molecule has 4 nitrogen and oxygen atoms in total. The van der Waals surface area contributed by atoms with Crippen molar-refractivity contribution in [2.24, 2.45) is 5.41 Å². The first-order valence-electron chi connectivity index (χ1n) is 5.62. The fourth-order valence-electron chi connectivity index (χ4n) is 2.19. The third kappa shape index (κ3) is 2.92. The monoisotopic (exact) mass is 213 g/mol. The van der Waals surface area contributed by atoms with Crippen LogP contribution in [0.1, 0.15) is 25.7 Å². The Morgan fingerprint density at radius 1 is 1.53 bits per heavy atom. The lowest BCUT2D eigenvalue weighted by Gasteiger charge is -2.10. The Bertz CT molecular complexity index is 238. The molecule has 1 atom stereocenters. The van der Waals surface area contributed by atoms with Gasteiger partial charge in [0.2, 0.25) is 0 Å². The highest BCUT2D eigenvalue weighted by atomic mass is 16.5. The molecule has 1 N–H and O–H groups in total. The normalized spacial score (nSPS) is 26.9. The predicted molar refractivity (Wildman–Crippen MR) is 55.5 cm³/mol. The molecule has 15 heavy (non-hydrogen) atoms. The molecule has 0 aromatic rings. The molecule has 2 aliphatic rings. The average molecular weight is 213 g/mol. The Labute approximate surface area is 90.3 Å². The molecule has 2 rings (SSSR count). The Morgan fingerprint density at radius 2 is 2.33 bits per heavy atom. The lowest BCUT2D eigenvalue weighted by atomic mass is 10.0. The highest BCUT2D eigenvalue weighted by Crippen LogP contribution is 2.51. The minimum atomic E-state index is -0.201. The summed E-state index contributed by atoms with van der Waals surface area (Å²) in [6.45, 7) is 2.34. The summed E-state index contributed by atoms with van der Waals surface area (Å²) in [5.41, 5.74) is 0.621. The van der Waals surface area contributed by atoms with Crippen LogP contribution < -0.4 is 5.32 Å². The summed E-state index contributed by atoms with van der Waals surface area (Å²) in [6, 6.07) is 0.491. The summed E-state index contributed by atoms with van der Waals surface area (Å²) in [5.74, 6) is -0.201. The molecule has 1 aliphatic heterocycles.